The molecular weight excluding hydrogens is 300 g/mol. The maximum absolute atomic E-state index is 11.9. The maximum Gasteiger partial charge on any atom is 0.323 e. The third-order valence-corrected chi connectivity index (χ3v) is 3.29. The van der Waals surface area contributed by atoms with Crippen molar-refractivity contribution in [2.24, 2.45) is 0 Å². The van der Waals surface area contributed by atoms with E-state index >= 15 is 0 Å². The van der Waals surface area contributed by atoms with E-state index in [0.29, 0.717) is 10.7 Å². The van der Waals surface area contributed by atoms with Crippen LogP contribution in [-0.2, 0) is 0 Å². The van der Waals surface area contributed by atoms with E-state index in [4.69, 9.17) is 16.3 Å². The van der Waals surface area contributed by atoms with E-state index in [9.17, 15) is 4.79 Å². The van der Waals surface area contributed by atoms with Crippen LogP contribution in [0.3, 0.4) is 0 Å². The summed E-state index contributed by atoms with van der Waals surface area (Å²) >= 11 is 5.88. The maximum atomic E-state index is 11.9. The molecular formula is C17H17ClN2O2. The number of nitrogens with one attached hydrogen (secondary N) is 2. The minimum Gasteiger partial charge on any atom is -0.496 e. The summed E-state index contributed by atoms with van der Waals surface area (Å²) in [4.78, 5) is 11.9. The monoisotopic (exact) mass is 316 g/mol. The summed E-state index contributed by atoms with van der Waals surface area (Å²) in [5.74, 6) is 0.745. The molecule has 5 heteroatoms. The highest BCUT2D eigenvalue weighted by Gasteiger charge is 2.03. The number of halogens is 1. The van der Waals surface area contributed by atoms with E-state index in [2.05, 4.69) is 10.6 Å². The molecule has 2 rings (SSSR count). The fourth-order valence-corrected chi connectivity index (χ4v) is 2.16. The largest absolute Gasteiger partial charge is 0.496 e. The number of aryl methyl sites for hydroxylation is 1. The van der Waals surface area contributed by atoms with Crippen LogP contribution >= 0.6 is 11.6 Å². The van der Waals surface area contributed by atoms with Gasteiger partial charge in [0.2, 0.25) is 0 Å². The fourth-order valence-electron chi connectivity index (χ4n) is 1.94. The molecule has 0 aliphatic rings. The summed E-state index contributed by atoms with van der Waals surface area (Å²) in [6.07, 6.45) is 3.34. The average Bonchev–Trinajstić information content (AvgIpc) is 2.50. The summed E-state index contributed by atoms with van der Waals surface area (Å²) in [7, 11) is 1.61. The van der Waals surface area contributed by atoms with E-state index < -0.39 is 0 Å². The number of urea groups is 1. The first kappa shape index (κ1) is 15.9. The zero-order valence-corrected chi connectivity index (χ0v) is 13.1. The van der Waals surface area contributed by atoms with Crippen molar-refractivity contribution in [1.29, 1.82) is 0 Å². The molecule has 114 valence electrons. The van der Waals surface area contributed by atoms with E-state index in [0.717, 1.165) is 16.9 Å². The van der Waals surface area contributed by atoms with Crippen molar-refractivity contribution in [3.63, 3.8) is 0 Å². The Morgan fingerprint density at radius 3 is 2.73 bits per heavy atom. The molecule has 0 atom stereocenters. The molecule has 0 bridgehead atoms. The minimum atomic E-state index is -0.323. The Kier molecular flexibility index (Phi) is 5.44. The van der Waals surface area contributed by atoms with Gasteiger partial charge < -0.3 is 15.4 Å². The first-order chi connectivity index (χ1) is 10.6. The number of hydrogen-bond acceptors (Lipinski definition) is 2. The number of benzene rings is 2. The van der Waals surface area contributed by atoms with Crippen LogP contribution in [0.1, 0.15) is 11.1 Å². The fraction of sp³-hybridized carbons (Fsp3) is 0.118. The molecule has 0 aliphatic carbocycles. The first-order valence-corrected chi connectivity index (χ1v) is 7.11. The number of ether oxygens (including phenoxy) is 1. The quantitative estimate of drug-likeness (QED) is 0.875. The third-order valence-electron chi connectivity index (χ3n) is 3.05. The number of anilines is 1. The van der Waals surface area contributed by atoms with Gasteiger partial charge in [-0.1, -0.05) is 29.8 Å². The second-order valence-corrected chi connectivity index (χ2v) is 5.07. The number of rotatable bonds is 4. The molecule has 0 unspecified atom stereocenters. The zero-order chi connectivity index (χ0) is 15.9. The Labute approximate surface area is 134 Å². The van der Waals surface area contributed by atoms with Crippen LogP contribution in [0, 0.1) is 6.92 Å². The van der Waals surface area contributed by atoms with Gasteiger partial charge in [-0.15, -0.1) is 0 Å². The molecule has 2 aromatic rings. The predicted octanol–water partition coefficient (Wildman–Crippen LogP) is 4.45. The Morgan fingerprint density at radius 1 is 1.23 bits per heavy atom. The summed E-state index contributed by atoms with van der Waals surface area (Å²) in [6.45, 7) is 1.88. The number of carbonyl (C=O) groups is 1. The number of hydrogen-bond donors (Lipinski definition) is 2. The van der Waals surface area contributed by atoms with Crippen LogP contribution in [0.25, 0.3) is 6.08 Å². The van der Waals surface area contributed by atoms with Crippen LogP contribution in [0.15, 0.2) is 48.7 Å². The molecule has 2 N–H and O–H groups in total. The summed E-state index contributed by atoms with van der Waals surface area (Å²) < 4.78 is 5.23. The summed E-state index contributed by atoms with van der Waals surface area (Å²) in [5, 5.41) is 6.05. The molecule has 0 fully saturated rings. The number of methoxy groups -OCH3 is 1. The molecule has 22 heavy (non-hydrogen) atoms. The lowest BCUT2D eigenvalue weighted by Gasteiger charge is -2.08. The van der Waals surface area contributed by atoms with Gasteiger partial charge in [0.1, 0.15) is 5.75 Å². The molecule has 0 aliphatic heterocycles. The van der Waals surface area contributed by atoms with Gasteiger partial charge in [0, 0.05) is 22.5 Å². The molecule has 2 aromatic carbocycles. The Hall–Kier alpha value is -2.46. The minimum absolute atomic E-state index is 0.323. The Bertz CT molecular complexity index is 699. The van der Waals surface area contributed by atoms with E-state index in [-0.39, 0.29) is 6.03 Å². The van der Waals surface area contributed by atoms with E-state index in [1.54, 1.807) is 37.6 Å². The number of carbonyl (C=O) groups excluding carboxylic acids is 1. The van der Waals surface area contributed by atoms with Crippen LogP contribution in [0.2, 0.25) is 5.02 Å². The van der Waals surface area contributed by atoms with Gasteiger partial charge in [-0.2, -0.15) is 0 Å². The van der Waals surface area contributed by atoms with Crippen LogP contribution < -0.4 is 15.4 Å². The highest BCUT2D eigenvalue weighted by molar-refractivity contribution is 6.30. The Morgan fingerprint density at radius 2 is 2.00 bits per heavy atom. The van der Waals surface area contributed by atoms with Crippen molar-refractivity contribution in [1.82, 2.24) is 5.32 Å². The molecule has 0 aromatic heterocycles. The SMILES string of the molecule is COc1ccccc1/C=C/NC(=O)Nc1ccc(Cl)cc1C. The van der Waals surface area contributed by atoms with Crippen molar-refractivity contribution in [3.8, 4) is 5.75 Å². The third kappa shape index (κ3) is 4.27. The van der Waals surface area contributed by atoms with Gasteiger partial charge in [0.05, 0.1) is 7.11 Å². The van der Waals surface area contributed by atoms with Crippen LogP contribution in [0.4, 0.5) is 10.5 Å². The molecule has 0 spiro atoms. The first-order valence-electron chi connectivity index (χ1n) is 6.73. The average molecular weight is 317 g/mol. The van der Waals surface area contributed by atoms with Crippen molar-refractivity contribution < 1.29 is 9.53 Å². The molecule has 0 saturated carbocycles. The standard InChI is InChI=1S/C17H17ClN2O2/c1-12-11-14(18)7-8-15(12)20-17(21)19-10-9-13-5-3-4-6-16(13)22-2/h3-11H,1-2H3,(H2,19,20,21)/b10-9+. The van der Waals surface area contributed by atoms with Crippen molar-refractivity contribution in [3.05, 3.63) is 64.8 Å². The molecule has 2 amide bonds. The number of para-hydroxylation sites is 1. The highest BCUT2D eigenvalue weighted by Crippen LogP contribution is 2.20. The summed E-state index contributed by atoms with van der Waals surface area (Å²) in [6, 6.07) is 12.5. The van der Waals surface area contributed by atoms with Gasteiger partial charge in [-0.25, -0.2) is 4.79 Å². The summed E-state index contributed by atoms with van der Waals surface area (Å²) in [5.41, 5.74) is 2.50. The lowest BCUT2D eigenvalue weighted by atomic mass is 10.2. The normalized spacial score (nSPS) is 10.5. The van der Waals surface area contributed by atoms with E-state index in [1.807, 2.05) is 31.2 Å². The van der Waals surface area contributed by atoms with Crippen molar-refractivity contribution in [2.45, 2.75) is 6.92 Å². The molecule has 0 radical (unpaired) electrons. The highest BCUT2D eigenvalue weighted by atomic mass is 35.5. The molecule has 0 saturated heterocycles. The zero-order valence-electron chi connectivity index (χ0n) is 12.4. The second-order valence-electron chi connectivity index (χ2n) is 4.63. The van der Waals surface area contributed by atoms with Gasteiger partial charge >= 0.3 is 6.03 Å². The topological polar surface area (TPSA) is 50.4 Å². The number of amides is 2. The Balaban J connectivity index is 1.96. The van der Waals surface area contributed by atoms with Crippen LogP contribution in [-0.4, -0.2) is 13.1 Å². The lowest BCUT2D eigenvalue weighted by molar-refractivity contribution is 0.255. The predicted molar refractivity (Wildman–Crippen MR) is 90.4 cm³/mol. The van der Waals surface area contributed by atoms with E-state index in [1.165, 1.54) is 0 Å². The van der Waals surface area contributed by atoms with Gasteiger partial charge in [-0.05, 0) is 42.8 Å². The van der Waals surface area contributed by atoms with Gasteiger partial charge in [0.25, 0.3) is 0 Å². The van der Waals surface area contributed by atoms with Gasteiger partial charge in [0.15, 0.2) is 0 Å². The lowest BCUT2D eigenvalue weighted by Crippen LogP contribution is -2.24. The molecule has 4 nitrogen and oxygen atoms in total. The van der Waals surface area contributed by atoms with Gasteiger partial charge in [-0.3, -0.25) is 0 Å². The van der Waals surface area contributed by atoms with Crippen molar-refractivity contribution in [2.75, 3.05) is 12.4 Å². The molecule has 0 heterocycles. The smallest absolute Gasteiger partial charge is 0.323 e. The van der Waals surface area contributed by atoms with Crippen molar-refractivity contribution >= 4 is 29.4 Å². The van der Waals surface area contributed by atoms with Crippen LogP contribution in [0.5, 0.6) is 5.75 Å². The second kappa shape index (κ2) is 7.52.